The Bertz CT molecular complexity index is 631. The van der Waals surface area contributed by atoms with E-state index in [2.05, 4.69) is 30.4 Å². The van der Waals surface area contributed by atoms with E-state index in [1.165, 1.54) is 35.7 Å². The summed E-state index contributed by atoms with van der Waals surface area (Å²) in [6.07, 6.45) is 8.09. The second-order valence-corrected chi connectivity index (χ2v) is 8.22. The molecule has 2 aliphatic carbocycles. The predicted octanol–water partition coefficient (Wildman–Crippen LogP) is 3.51. The lowest BCUT2D eigenvalue weighted by molar-refractivity contribution is -0.146. The smallest absolute Gasteiger partial charge is 0.316 e. The molecular weight excluding hydrogens is 334 g/mol. The minimum absolute atomic E-state index is 0.174. The minimum Gasteiger partial charge on any atom is -0.455 e. The zero-order valence-electron chi connectivity index (χ0n) is 14.9. The van der Waals surface area contributed by atoms with Gasteiger partial charge in [-0.25, -0.2) is 0 Å². The standard InChI is InChI=1S/C20H27NO3S/c1-14-5-2-3-8-18(14)21-19(22)12-24-20(23)13-25-17-10-9-15-6-4-7-16(15)11-17/h9-11,14,18H,2-8,12-13H2,1H3,(H,21,22)/t14-,18+/m0/s1. The number of hydrogen-bond donors (Lipinski definition) is 1. The van der Waals surface area contributed by atoms with E-state index in [1.54, 1.807) is 0 Å². The van der Waals surface area contributed by atoms with Gasteiger partial charge in [0.15, 0.2) is 6.61 Å². The molecule has 0 aromatic heterocycles. The van der Waals surface area contributed by atoms with E-state index in [0.29, 0.717) is 5.92 Å². The Morgan fingerprint density at radius 3 is 2.80 bits per heavy atom. The number of amides is 1. The van der Waals surface area contributed by atoms with Crippen LogP contribution in [0.5, 0.6) is 0 Å². The van der Waals surface area contributed by atoms with E-state index in [-0.39, 0.29) is 30.3 Å². The molecule has 4 nitrogen and oxygen atoms in total. The number of thioether (sulfide) groups is 1. The molecule has 0 aliphatic heterocycles. The van der Waals surface area contributed by atoms with Crippen molar-refractivity contribution in [3.05, 3.63) is 29.3 Å². The molecule has 1 saturated carbocycles. The van der Waals surface area contributed by atoms with Crippen molar-refractivity contribution < 1.29 is 14.3 Å². The Morgan fingerprint density at radius 2 is 1.96 bits per heavy atom. The molecule has 0 saturated heterocycles. The van der Waals surface area contributed by atoms with Crippen LogP contribution in [0.3, 0.4) is 0 Å². The Morgan fingerprint density at radius 1 is 1.16 bits per heavy atom. The first-order valence-electron chi connectivity index (χ1n) is 9.31. The van der Waals surface area contributed by atoms with Gasteiger partial charge in [-0.05, 0) is 61.3 Å². The number of hydrogen-bond acceptors (Lipinski definition) is 4. The van der Waals surface area contributed by atoms with Crippen molar-refractivity contribution in [1.82, 2.24) is 5.32 Å². The molecule has 1 fully saturated rings. The zero-order valence-corrected chi connectivity index (χ0v) is 15.7. The maximum Gasteiger partial charge on any atom is 0.316 e. The molecule has 25 heavy (non-hydrogen) atoms. The van der Waals surface area contributed by atoms with Crippen molar-refractivity contribution >= 4 is 23.6 Å². The van der Waals surface area contributed by atoms with Crippen molar-refractivity contribution in [3.63, 3.8) is 0 Å². The normalized spacial score (nSPS) is 22.3. The number of rotatable bonds is 6. The van der Waals surface area contributed by atoms with E-state index in [0.717, 1.165) is 37.0 Å². The van der Waals surface area contributed by atoms with Gasteiger partial charge in [-0.1, -0.05) is 25.8 Å². The topological polar surface area (TPSA) is 55.4 Å². The van der Waals surface area contributed by atoms with Gasteiger partial charge in [0.25, 0.3) is 5.91 Å². The number of aryl methyl sites for hydroxylation is 2. The summed E-state index contributed by atoms with van der Waals surface area (Å²) in [5.41, 5.74) is 2.83. The molecule has 0 unspecified atom stereocenters. The number of fused-ring (bicyclic) bond motifs is 1. The van der Waals surface area contributed by atoms with Crippen molar-refractivity contribution in [2.75, 3.05) is 12.4 Å². The molecular formula is C20H27NO3S. The molecule has 0 bridgehead atoms. The van der Waals surface area contributed by atoms with E-state index in [9.17, 15) is 9.59 Å². The van der Waals surface area contributed by atoms with Gasteiger partial charge < -0.3 is 10.1 Å². The molecule has 1 N–H and O–H groups in total. The molecule has 3 rings (SSSR count). The summed E-state index contributed by atoms with van der Waals surface area (Å²) >= 11 is 1.48. The molecule has 0 radical (unpaired) electrons. The zero-order chi connectivity index (χ0) is 17.6. The molecule has 136 valence electrons. The second-order valence-electron chi connectivity index (χ2n) is 7.17. The number of carbonyl (C=O) groups excluding carboxylic acids is 2. The number of carbonyl (C=O) groups is 2. The lowest BCUT2D eigenvalue weighted by atomic mass is 9.86. The fourth-order valence-electron chi connectivity index (χ4n) is 3.75. The first kappa shape index (κ1) is 18.3. The summed E-state index contributed by atoms with van der Waals surface area (Å²) in [7, 11) is 0. The lowest BCUT2D eigenvalue weighted by Crippen LogP contribution is -2.43. The summed E-state index contributed by atoms with van der Waals surface area (Å²) in [5.74, 6) is 0.224. The van der Waals surface area contributed by atoms with Gasteiger partial charge in [0.05, 0.1) is 5.75 Å². The highest BCUT2D eigenvalue weighted by Gasteiger charge is 2.23. The van der Waals surface area contributed by atoms with Crippen LogP contribution in [0.25, 0.3) is 0 Å². The molecule has 1 aromatic carbocycles. The van der Waals surface area contributed by atoms with E-state index < -0.39 is 0 Å². The largest absolute Gasteiger partial charge is 0.455 e. The van der Waals surface area contributed by atoms with Crippen LogP contribution in [0.1, 0.15) is 50.2 Å². The summed E-state index contributed by atoms with van der Waals surface area (Å²) in [5, 5.41) is 3.00. The highest BCUT2D eigenvalue weighted by Crippen LogP contribution is 2.27. The average molecular weight is 362 g/mol. The van der Waals surface area contributed by atoms with Gasteiger partial charge >= 0.3 is 5.97 Å². The molecule has 1 amide bonds. The third-order valence-electron chi connectivity index (χ3n) is 5.25. The van der Waals surface area contributed by atoms with Gasteiger partial charge in [-0.3, -0.25) is 9.59 Å². The number of ether oxygens (including phenoxy) is 1. The Kier molecular flexibility index (Phi) is 6.40. The Labute approximate surface area is 154 Å². The summed E-state index contributed by atoms with van der Waals surface area (Å²) in [4.78, 5) is 25.0. The fourth-order valence-corrected chi connectivity index (χ4v) is 4.50. The highest BCUT2D eigenvalue weighted by atomic mass is 32.2. The van der Waals surface area contributed by atoms with Crippen LogP contribution >= 0.6 is 11.8 Å². The number of nitrogens with one attached hydrogen (secondary N) is 1. The summed E-state index contributed by atoms with van der Waals surface area (Å²) in [6.45, 7) is 2.00. The predicted molar refractivity (Wildman–Crippen MR) is 99.7 cm³/mol. The van der Waals surface area contributed by atoms with Crippen LogP contribution < -0.4 is 5.32 Å². The molecule has 0 spiro atoms. The minimum atomic E-state index is -0.336. The van der Waals surface area contributed by atoms with Gasteiger partial charge in [0.2, 0.25) is 0 Å². The van der Waals surface area contributed by atoms with Crippen LogP contribution in [0.4, 0.5) is 0 Å². The monoisotopic (exact) mass is 361 g/mol. The second kappa shape index (κ2) is 8.75. The molecule has 2 aliphatic rings. The van der Waals surface area contributed by atoms with Crippen molar-refractivity contribution in [1.29, 1.82) is 0 Å². The third-order valence-corrected chi connectivity index (χ3v) is 6.22. The van der Waals surface area contributed by atoms with Crippen LogP contribution in [0.2, 0.25) is 0 Å². The van der Waals surface area contributed by atoms with Crippen LogP contribution in [0, 0.1) is 5.92 Å². The fraction of sp³-hybridized carbons (Fsp3) is 0.600. The molecule has 5 heteroatoms. The maximum atomic E-state index is 12.0. The van der Waals surface area contributed by atoms with Crippen LogP contribution in [-0.2, 0) is 27.2 Å². The van der Waals surface area contributed by atoms with E-state index in [4.69, 9.17) is 4.74 Å². The Hall–Kier alpha value is -1.49. The maximum absolute atomic E-state index is 12.0. The van der Waals surface area contributed by atoms with Crippen LogP contribution in [0.15, 0.2) is 23.1 Å². The van der Waals surface area contributed by atoms with Crippen molar-refractivity contribution in [2.24, 2.45) is 5.92 Å². The van der Waals surface area contributed by atoms with Crippen molar-refractivity contribution in [3.8, 4) is 0 Å². The molecule has 1 aromatic rings. The SMILES string of the molecule is C[C@H]1CCCC[C@H]1NC(=O)COC(=O)CSc1ccc2c(c1)CCC2. The Balaban J connectivity index is 1.37. The first-order valence-corrected chi connectivity index (χ1v) is 10.3. The van der Waals surface area contributed by atoms with Gasteiger partial charge in [-0.2, -0.15) is 0 Å². The molecule has 2 atom stereocenters. The van der Waals surface area contributed by atoms with Crippen molar-refractivity contribution in [2.45, 2.75) is 62.8 Å². The van der Waals surface area contributed by atoms with E-state index >= 15 is 0 Å². The first-order chi connectivity index (χ1) is 12.1. The van der Waals surface area contributed by atoms with Crippen LogP contribution in [-0.4, -0.2) is 30.3 Å². The van der Waals surface area contributed by atoms with Gasteiger partial charge in [-0.15, -0.1) is 11.8 Å². The highest BCUT2D eigenvalue weighted by molar-refractivity contribution is 8.00. The molecule has 0 heterocycles. The summed E-state index contributed by atoms with van der Waals surface area (Å²) in [6, 6.07) is 6.63. The third kappa shape index (κ3) is 5.24. The van der Waals surface area contributed by atoms with E-state index in [1.807, 2.05) is 0 Å². The summed E-state index contributed by atoms with van der Waals surface area (Å²) < 4.78 is 5.12. The average Bonchev–Trinajstić information content (AvgIpc) is 3.08. The quantitative estimate of drug-likeness (QED) is 0.622. The van der Waals surface area contributed by atoms with Gasteiger partial charge in [0, 0.05) is 10.9 Å². The van der Waals surface area contributed by atoms with Gasteiger partial charge in [0.1, 0.15) is 0 Å². The lowest BCUT2D eigenvalue weighted by Gasteiger charge is -2.29. The number of benzene rings is 1. The number of esters is 1.